The van der Waals surface area contributed by atoms with E-state index in [1.54, 1.807) is 0 Å². The molecule has 0 aromatic heterocycles. The fraction of sp³-hybridized carbons (Fsp3) is 0.158. The van der Waals surface area contributed by atoms with Crippen molar-refractivity contribution < 1.29 is 34.8 Å². The van der Waals surface area contributed by atoms with Crippen LogP contribution in [0.2, 0.25) is 0 Å². The molecular formula is C19H21NO7. The van der Waals surface area contributed by atoms with Gasteiger partial charge in [-0.25, -0.2) is 4.79 Å². The van der Waals surface area contributed by atoms with E-state index in [1.165, 1.54) is 11.1 Å². The van der Waals surface area contributed by atoms with Gasteiger partial charge in [0.15, 0.2) is 5.60 Å². The maximum absolute atomic E-state index is 10.3. The minimum absolute atomic E-state index is 1.14. The fourth-order valence-corrected chi connectivity index (χ4v) is 1.98. The standard InChI is InChI=1S/C12H10.C6H8O7.CH3N/c1-3-7-11(8-4-1)12-9-5-2-6-10-12;7-3(8)1-6(13,5(11)12)2-4(9)10;1-2/h1-10H;13H,1-2H2,(H,7,8)(H,9,10)(H,11,12);2H,1H2. The maximum Gasteiger partial charge on any atom is 0.336 e. The van der Waals surface area contributed by atoms with E-state index in [0.717, 1.165) is 0 Å². The van der Waals surface area contributed by atoms with E-state index in [-0.39, 0.29) is 0 Å². The molecular weight excluding hydrogens is 354 g/mol. The molecule has 0 saturated carbocycles. The molecule has 5 N–H and O–H groups in total. The van der Waals surface area contributed by atoms with Crippen molar-refractivity contribution in [3.63, 3.8) is 0 Å². The zero-order valence-electron chi connectivity index (χ0n) is 14.4. The summed E-state index contributed by atoms with van der Waals surface area (Å²) in [5, 5.41) is 39.3. The molecule has 0 unspecified atom stereocenters. The van der Waals surface area contributed by atoms with Crippen LogP contribution in [-0.2, 0) is 14.4 Å². The van der Waals surface area contributed by atoms with Gasteiger partial charge in [-0.05, 0) is 17.8 Å². The molecule has 0 saturated heterocycles. The largest absolute Gasteiger partial charge is 0.481 e. The zero-order valence-corrected chi connectivity index (χ0v) is 14.4. The molecule has 0 fully saturated rings. The minimum Gasteiger partial charge on any atom is -0.481 e. The van der Waals surface area contributed by atoms with E-state index in [4.69, 9.17) is 25.8 Å². The Morgan fingerprint density at radius 1 is 0.741 bits per heavy atom. The van der Waals surface area contributed by atoms with E-state index < -0.39 is 36.4 Å². The van der Waals surface area contributed by atoms with Crippen molar-refractivity contribution in [2.75, 3.05) is 0 Å². The van der Waals surface area contributed by atoms with E-state index in [2.05, 4.69) is 55.2 Å². The second kappa shape index (κ2) is 11.9. The van der Waals surface area contributed by atoms with Gasteiger partial charge in [0.25, 0.3) is 0 Å². The second-order valence-electron chi connectivity index (χ2n) is 5.21. The molecule has 2 aromatic rings. The molecule has 0 aliphatic heterocycles. The number of nitrogens with one attached hydrogen (secondary N) is 1. The molecule has 0 heterocycles. The van der Waals surface area contributed by atoms with E-state index in [9.17, 15) is 14.4 Å². The number of carboxylic acids is 3. The number of carboxylic acid groups (broad SMARTS) is 3. The van der Waals surface area contributed by atoms with Crippen LogP contribution in [0.1, 0.15) is 12.8 Å². The summed E-state index contributed by atoms with van der Waals surface area (Å²) in [7, 11) is 0. The first kappa shape index (κ1) is 23.5. The predicted molar refractivity (Wildman–Crippen MR) is 98.8 cm³/mol. The lowest BCUT2D eigenvalue weighted by Crippen LogP contribution is -2.42. The highest BCUT2D eigenvalue weighted by Gasteiger charge is 2.40. The molecule has 0 aliphatic rings. The van der Waals surface area contributed by atoms with Crippen molar-refractivity contribution in [1.29, 1.82) is 5.41 Å². The van der Waals surface area contributed by atoms with E-state index in [1.807, 2.05) is 12.1 Å². The van der Waals surface area contributed by atoms with Crippen LogP contribution < -0.4 is 0 Å². The average molecular weight is 375 g/mol. The van der Waals surface area contributed by atoms with Crippen LogP contribution in [0, 0.1) is 5.41 Å². The Kier molecular flexibility index (Phi) is 10.4. The van der Waals surface area contributed by atoms with Crippen LogP contribution in [0.4, 0.5) is 0 Å². The monoisotopic (exact) mass is 375 g/mol. The number of aliphatic carboxylic acids is 3. The van der Waals surface area contributed by atoms with Crippen LogP contribution in [0.15, 0.2) is 60.7 Å². The first-order chi connectivity index (χ1) is 12.7. The van der Waals surface area contributed by atoms with Crippen LogP contribution in [-0.4, -0.2) is 50.7 Å². The molecule has 0 radical (unpaired) electrons. The number of hydrogen-bond acceptors (Lipinski definition) is 5. The molecule has 144 valence electrons. The van der Waals surface area contributed by atoms with Crippen molar-refractivity contribution in [2.24, 2.45) is 0 Å². The van der Waals surface area contributed by atoms with Gasteiger partial charge in [-0.15, -0.1) is 0 Å². The molecule has 0 spiro atoms. The van der Waals surface area contributed by atoms with E-state index >= 15 is 0 Å². The third-order valence-corrected chi connectivity index (χ3v) is 3.17. The Hall–Kier alpha value is -3.52. The van der Waals surface area contributed by atoms with E-state index in [0.29, 0.717) is 0 Å². The first-order valence-corrected chi connectivity index (χ1v) is 7.60. The van der Waals surface area contributed by atoms with Crippen molar-refractivity contribution in [3.8, 4) is 11.1 Å². The van der Waals surface area contributed by atoms with Gasteiger partial charge in [0.1, 0.15) is 0 Å². The molecule has 27 heavy (non-hydrogen) atoms. The minimum atomic E-state index is -2.74. The summed E-state index contributed by atoms with van der Waals surface area (Å²) in [5.41, 5.74) is -0.186. The Bertz CT molecular complexity index is 679. The highest BCUT2D eigenvalue weighted by molar-refractivity contribution is 5.88. The molecule has 2 aromatic carbocycles. The lowest BCUT2D eigenvalue weighted by atomic mass is 9.96. The molecule has 0 bridgehead atoms. The normalized spacial score (nSPS) is 9.67. The SMILES string of the molecule is C=N.O=C(O)CC(O)(CC(=O)O)C(=O)O.c1ccc(-c2ccccc2)cc1. The van der Waals surface area contributed by atoms with Crippen LogP contribution in [0.3, 0.4) is 0 Å². The van der Waals surface area contributed by atoms with Crippen molar-refractivity contribution in [3.05, 3.63) is 60.7 Å². The summed E-state index contributed by atoms with van der Waals surface area (Å²) in [4.78, 5) is 30.5. The number of benzene rings is 2. The first-order valence-electron chi connectivity index (χ1n) is 7.60. The van der Waals surface area contributed by atoms with Gasteiger partial charge in [0, 0.05) is 0 Å². The van der Waals surface area contributed by atoms with Gasteiger partial charge in [-0.1, -0.05) is 60.7 Å². The highest BCUT2D eigenvalue weighted by atomic mass is 16.4. The van der Waals surface area contributed by atoms with Crippen molar-refractivity contribution in [2.45, 2.75) is 18.4 Å². The third kappa shape index (κ3) is 8.94. The van der Waals surface area contributed by atoms with Gasteiger partial charge >= 0.3 is 17.9 Å². The average Bonchev–Trinajstić information content (AvgIpc) is 2.64. The topological polar surface area (TPSA) is 156 Å². The van der Waals surface area contributed by atoms with Gasteiger partial charge in [-0.2, -0.15) is 0 Å². The summed E-state index contributed by atoms with van der Waals surface area (Å²) in [6.07, 6.45) is -2.29. The third-order valence-electron chi connectivity index (χ3n) is 3.17. The van der Waals surface area contributed by atoms with Crippen molar-refractivity contribution in [1.82, 2.24) is 0 Å². The lowest BCUT2D eigenvalue weighted by molar-refractivity contribution is -0.170. The number of rotatable bonds is 6. The number of hydrogen-bond donors (Lipinski definition) is 5. The molecule has 8 nitrogen and oxygen atoms in total. The Morgan fingerprint density at radius 2 is 1.04 bits per heavy atom. The van der Waals surface area contributed by atoms with Gasteiger partial charge < -0.3 is 25.8 Å². The summed E-state index contributed by atoms with van der Waals surface area (Å²) < 4.78 is 0. The summed E-state index contributed by atoms with van der Waals surface area (Å²) in [6, 6.07) is 20.8. The van der Waals surface area contributed by atoms with Crippen molar-refractivity contribution >= 4 is 24.6 Å². The van der Waals surface area contributed by atoms with Gasteiger partial charge in [-0.3, -0.25) is 9.59 Å². The number of carbonyl (C=O) groups is 3. The molecule has 8 heteroatoms. The molecule has 0 aliphatic carbocycles. The molecule has 0 amide bonds. The van der Waals surface area contributed by atoms with Gasteiger partial charge in [0.2, 0.25) is 0 Å². The quantitative estimate of drug-likeness (QED) is 0.485. The summed E-state index contributed by atoms with van der Waals surface area (Å²) in [5.74, 6) is -5.02. The highest BCUT2D eigenvalue weighted by Crippen LogP contribution is 2.17. The Morgan fingerprint density at radius 3 is 1.26 bits per heavy atom. The van der Waals surface area contributed by atoms with Gasteiger partial charge in [0.05, 0.1) is 12.8 Å². The van der Waals surface area contributed by atoms with Crippen LogP contribution >= 0.6 is 0 Å². The van der Waals surface area contributed by atoms with Crippen LogP contribution in [0.25, 0.3) is 11.1 Å². The number of aliphatic hydroxyl groups is 1. The maximum atomic E-state index is 10.3. The molecule has 2 rings (SSSR count). The second-order valence-corrected chi connectivity index (χ2v) is 5.21. The lowest BCUT2D eigenvalue weighted by Gasteiger charge is -2.18. The summed E-state index contributed by atoms with van der Waals surface area (Å²) >= 11 is 0. The Balaban J connectivity index is 0.000000459. The van der Waals surface area contributed by atoms with Crippen LogP contribution in [0.5, 0.6) is 0 Å². The summed E-state index contributed by atoms with van der Waals surface area (Å²) in [6.45, 7) is 2.50. The fourth-order valence-electron chi connectivity index (χ4n) is 1.98. The smallest absolute Gasteiger partial charge is 0.336 e. The predicted octanol–water partition coefficient (Wildman–Crippen LogP) is 2.37. The molecule has 0 atom stereocenters. The zero-order chi connectivity index (χ0) is 20.9. The Labute approximate surface area is 155 Å².